The molecule has 0 saturated carbocycles. The van der Waals surface area contributed by atoms with Crippen molar-refractivity contribution in [1.82, 2.24) is 19.9 Å². The summed E-state index contributed by atoms with van der Waals surface area (Å²) in [7, 11) is 0. The fourth-order valence-electron chi connectivity index (χ4n) is 2.32. The molecule has 1 fully saturated rings. The molecule has 84 valence electrons. The van der Waals surface area contributed by atoms with Gasteiger partial charge in [-0.25, -0.2) is 9.50 Å². The highest BCUT2D eigenvalue weighted by molar-refractivity contribution is 5.45. The first-order valence-corrected chi connectivity index (χ1v) is 5.87. The van der Waals surface area contributed by atoms with Crippen LogP contribution in [0.1, 0.15) is 24.2 Å². The highest BCUT2D eigenvalue weighted by Crippen LogP contribution is 2.12. The molecule has 0 aliphatic carbocycles. The zero-order valence-corrected chi connectivity index (χ0v) is 9.48. The molecule has 1 atom stereocenters. The number of nitrogens with zero attached hydrogens (tertiary/aromatic N) is 3. The molecule has 3 heterocycles. The molecule has 3 rings (SSSR count). The Balaban J connectivity index is 1.90. The normalized spacial score (nSPS) is 20.7. The van der Waals surface area contributed by atoms with Gasteiger partial charge >= 0.3 is 0 Å². The predicted octanol–water partition coefficient (Wildman–Crippen LogP) is 1.33. The Labute approximate surface area is 94.7 Å². The van der Waals surface area contributed by atoms with Crippen LogP contribution in [0.2, 0.25) is 0 Å². The minimum absolute atomic E-state index is 0.567. The maximum absolute atomic E-state index is 4.59. The molecular formula is C12H16N4. The van der Waals surface area contributed by atoms with E-state index in [0.29, 0.717) is 6.04 Å². The fourth-order valence-corrected chi connectivity index (χ4v) is 2.32. The first-order valence-electron chi connectivity index (χ1n) is 5.87. The second kappa shape index (κ2) is 3.87. The lowest BCUT2D eigenvalue weighted by Gasteiger charge is -2.05. The second-order valence-corrected chi connectivity index (χ2v) is 4.48. The molecule has 1 N–H and O–H groups in total. The fraction of sp³-hybridized carbons (Fsp3) is 0.500. The number of aromatic nitrogens is 3. The SMILES string of the molecule is Cc1cccn2nc(CC3CCCN3)nc12. The van der Waals surface area contributed by atoms with Crippen molar-refractivity contribution in [3.05, 3.63) is 29.7 Å². The van der Waals surface area contributed by atoms with E-state index in [4.69, 9.17) is 0 Å². The molecule has 1 unspecified atom stereocenters. The van der Waals surface area contributed by atoms with E-state index >= 15 is 0 Å². The maximum atomic E-state index is 4.59. The van der Waals surface area contributed by atoms with E-state index in [-0.39, 0.29) is 0 Å². The molecule has 0 aromatic carbocycles. The smallest absolute Gasteiger partial charge is 0.158 e. The summed E-state index contributed by atoms with van der Waals surface area (Å²) in [5.74, 6) is 0.953. The van der Waals surface area contributed by atoms with Crippen LogP contribution in [0.4, 0.5) is 0 Å². The van der Waals surface area contributed by atoms with Gasteiger partial charge in [0.15, 0.2) is 11.5 Å². The summed E-state index contributed by atoms with van der Waals surface area (Å²) >= 11 is 0. The number of hydrogen-bond acceptors (Lipinski definition) is 3. The Hall–Kier alpha value is -1.42. The topological polar surface area (TPSA) is 42.2 Å². The number of hydrogen-bond donors (Lipinski definition) is 1. The largest absolute Gasteiger partial charge is 0.314 e. The van der Waals surface area contributed by atoms with Crippen LogP contribution in [-0.2, 0) is 6.42 Å². The minimum Gasteiger partial charge on any atom is -0.314 e. The summed E-state index contributed by atoms with van der Waals surface area (Å²) in [6.45, 7) is 3.21. The van der Waals surface area contributed by atoms with E-state index in [2.05, 4.69) is 28.4 Å². The Bertz CT molecular complexity index is 497. The van der Waals surface area contributed by atoms with E-state index in [0.717, 1.165) is 24.4 Å². The Morgan fingerprint density at radius 1 is 1.56 bits per heavy atom. The van der Waals surface area contributed by atoms with Crippen LogP contribution in [0.5, 0.6) is 0 Å². The predicted molar refractivity (Wildman–Crippen MR) is 62.5 cm³/mol. The molecule has 0 radical (unpaired) electrons. The van der Waals surface area contributed by atoms with E-state index in [1.165, 1.54) is 18.4 Å². The molecule has 1 aliphatic rings. The average molecular weight is 216 g/mol. The van der Waals surface area contributed by atoms with E-state index in [9.17, 15) is 0 Å². The van der Waals surface area contributed by atoms with Crippen molar-refractivity contribution in [2.75, 3.05) is 6.54 Å². The molecule has 1 saturated heterocycles. The summed E-state index contributed by atoms with van der Waals surface area (Å²) in [6.07, 6.45) is 5.42. The van der Waals surface area contributed by atoms with Gasteiger partial charge in [-0.1, -0.05) is 6.07 Å². The third-order valence-electron chi connectivity index (χ3n) is 3.19. The van der Waals surface area contributed by atoms with E-state index in [1.54, 1.807) is 0 Å². The van der Waals surface area contributed by atoms with Crippen LogP contribution in [-0.4, -0.2) is 27.2 Å². The summed E-state index contributed by atoms with van der Waals surface area (Å²) < 4.78 is 1.87. The van der Waals surface area contributed by atoms with Crippen molar-refractivity contribution in [3.8, 4) is 0 Å². The van der Waals surface area contributed by atoms with Crippen LogP contribution in [0.3, 0.4) is 0 Å². The minimum atomic E-state index is 0.567. The number of rotatable bonds is 2. The highest BCUT2D eigenvalue weighted by atomic mass is 15.3. The molecule has 4 heteroatoms. The monoisotopic (exact) mass is 216 g/mol. The lowest BCUT2D eigenvalue weighted by molar-refractivity contribution is 0.585. The molecule has 0 amide bonds. The zero-order valence-electron chi connectivity index (χ0n) is 9.48. The third kappa shape index (κ3) is 1.69. The van der Waals surface area contributed by atoms with Gasteiger partial charge in [-0.05, 0) is 37.9 Å². The average Bonchev–Trinajstić information content (AvgIpc) is 2.88. The number of nitrogens with one attached hydrogen (secondary N) is 1. The van der Waals surface area contributed by atoms with Crippen LogP contribution in [0, 0.1) is 6.92 Å². The van der Waals surface area contributed by atoms with Crippen molar-refractivity contribution < 1.29 is 0 Å². The Kier molecular flexibility index (Phi) is 2.36. The second-order valence-electron chi connectivity index (χ2n) is 4.48. The lowest BCUT2D eigenvalue weighted by atomic mass is 10.1. The highest BCUT2D eigenvalue weighted by Gasteiger charge is 2.17. The molecule has 2 aromatic heterocycles. The summed E-state index contributed by atoms with van der Waals surface area (Å²) in [5.41, 5.74) is 2.16. The molecule has 16 heavy (non-hydrogen) atoms. The third-order valence-corrected chi connectivity index (χ3v) is 3.19. The number of aryl methyl sites for hydroxylation is 1. The standard InChI is InChI=1S/C12H16N4/c1-9-4-3-7-16-12(9)14-11(15-16)8-10-5-2-6-13-10/h3-4,7,10,13H,2,5-6,8H2,1H3. The Morgan fingerprint density at radius 2 is 2.50 bits per heavy atom. The van der Waals surface area contributed by atoms with E-state index in [1.807, 2.05) is 16.8 Å². The van der Waals surface area contributed by atoms with Gasteiger partial charge in [-0.3, -0.25) is 0 Å². The first kappa shape index (κ1) is 9.78. The van der Waals surface area contributed by atoms with Gasteiger partial charge < -0.3 is 5.32 Å². The van der Waals surface area contributed by atoms with Gasteiger partial charge in [0, 0.05) is 18.7 Å². The van der Waals surface area contributed by atoms with Crippen molar-refractivity contribution in [2.45, 2.75) is 32.2 Å². The molecule has 2 aromatic rings. The summed E-state index contributed by atoms with van der Waals surface area (Å²) in [5, 5.41) is 7.98. The molecular weight excluding hydrogens is 200 g/mol. The van der Waals surface area contributed by atoms with Crippen LogP contribution < -0.4 is 5.32 Å². The quantitative estimate of drug-likeness (QED) is 0.823. The van der Waals surface area contributed by atoms with Gasteiger partial charge in [-0.2, -0.15) is 5.10 Å². The number of pyridine rings is 1. The number of fused-ring (bicyclic) bond motifs is 1. The maximum Gasteiger partial charge on any atom is 0.158 e. The van der Waals surface area contributed by atoms with Gasteiger partial charge in [-0.15, -0.1) is 0 Å². The van der Waals surface area contributed by atoms with Crippen LogP contribution in [0.25, 0.3) is 5.65 Å². The van der Waals surface area contributed by atoms with Crippen molar-refractivity contribution in [3.63, 3.8) is 0 Å². The molecule has 4 nitrogen and oxygen atoms in total. The van der Waals surface area contributed by atoms with Gasteiger partial charge in [0.05, 0.1) is 0 Å². The summed E-state index contributed by atoms with van der Waals surface area (Å²) in [4.78, 5) is 4.59. The van der Waals surface area contributed by atoms with Crippen molar-refractivity contribution >= 4 is 5.65 Å². The van der Waals surface area contributed by atoms with Gasteiger partial charge in [0.1, 0.15) is 0 Å². The van der Waals surface area contributed by atoms with Crippen LogP contribution >= 0.6 is 0 Å². The zero-order chi connectivity index (χ0) is 11.0. The Morgan fingerprint density at radius 3 is 3.25 bits per heavy atom. The van der Waals surface area contributed by atoms with Crippen molar-refractivity contribution in [1.29, 1.82) is 0 Å². The van der Waals surface area contributed by atoms with Gasteiger partial charge in [0.25, 0.3) is 0 Å². The van der Waals surface area contributed by atoms with Gasteiger partial charge in [0.2, 0.25) is 0 Å². The molecule has 0 spiro atoms. The summed E-state index contributed by atoms with van der Waals surface area (Å²) in [6, 6.07) is 4.65. The molecule has 1 aliphatic heterocycles. The van der Waals surface area contributed by atoms with Crippen molar-refractivity contribution in [2.24, 2.45) is 0 Å². The van der Waals surface area contributed by atoms with E-state index < -0.39 is 0 Å². The van der Waals surface area contributed by atoms with Crippen LogP contribution in [0.15, 0.2) is 18.3 Å². The lowest BCUT2D eigenvalue weighted by Crippen LogP contribution is -2.24. The molecule has 0 bridgehead atoms. The first-order chi connectivity index (χ1) is 7.83.